The van der Waals surface area contributed by atoms with Gasteiger partial charge in [-0.1, -0.05) is 17.7 Å². The van der Waals surface area contributed by atoms with Crippen molar-refractivity contribution in [2.24, 2.45) is 0 Å². The highest BCUT2D eigenvalue weighted by atomic mass is 35.5. The average Bonchev–Trinajstić information content (AvgIpc) is 2.82. The molecule has 0 atom stereocenters. The summed E-state index contributed by atoms with van der Waals surface area (Å²) < 4.78 is 0.743. The van der Waals surface area contributed by atoms with Crippen molar-refractivity contribution in [3.63, 3.8) is 0 Å². The summed E-state index contributed by atoms with van der Waals surface area (Å²) in [5, 5.41) is 0. The van der Waals surface area contributed by atoms with Gasteiger partial charge in [-0.25, -0.2) is 0 Å². The average molecular weight is 341 g/mol. The molecule has 0 saturated carbocycles. The Morgan fingerprint density at radius 3 is 2.76 bits per heavy atom. The summed E-state index contributed by atoms with van der Waals surface area (Å²) in [7, 11) is 1.80. The first-order valence-electron chi connectivity index (χ1n) is 6.43. The van der Waals surface area contributed by atoms with Crippen LogP contribution < -0.4 is 5.73 Å². The number of benzene rings is 1. The van der Waals surface area contributed by atoms with Crippen molar-refractivity contribution in [1.82, 2.24) is 4.90 Å². The number of anilines is 1. The number of nitrogens with two attached hydrogens (primary N) is 1. The Bertz CT molecular complexity index is 642. The number of aryl methyl sites for hydroxylation is 1. The van der Waals surface area contributed by atoms with Gasteiger partial charge in [-0.2, -0.15) is 0 Å². The largest absolute Gasteiger partial charge is 0.398 e. The first-order valence-corrected chi connectivity index (χ1v) is 8.61. The van der Waals surface area contributed by atoms with Gasteiger partial charge in [0.05, 0.1) is 16.6 Å². The third-order valence-corrected chi connectivity index (χ3v) is 5.25. The van der Waals surface area contributed by atoms with Gasteiger partial charge < -0.3 is 10.6 Å². The lowest BCUT2D eigenvalue weighted by molar-refractivity contribution is -0.127. The van der Waals surface area contributed by atoms with Crippen LogP contribution in [0.2, 0.25) is 4.34 Å². The topological polar surface area (TPSA) is 46.3 Å². The van der Waals surface area contributed by atoms with E-state index < -0.39 is 0 Å². The molecule has 0 aliphatic heterocycles. The van der Waals surface area contributed by atoms with Crippen molar-refractivity contribution in [1.29, 1.82) is 0 Å². The maximum atomic E-state index is 12.1. The van der Waals surface area contributed by atoms with Crippen molar-refractivity contribution < 1.29 is 4.79 Å². The van der Waals surface area contributed by atoms with Crippen LogP contribution in [0.15, 0.2) is 35.2 Å². The second-order valence-electron chi connectivity index (χ2n) is 4.79. The van der Waals surface area contributed by atoms with E-state index in [1.807, 2.05) is 37.3 Å². The first-order chi connectivity index (χ1) is 9.95. The van der Waals surface area contributed by atoms with Gasteiger partial charge in [-0.3, -0.25) is 4.79 Å². The molecule has 0 fully saturated rings. The normalized spacial score (nSPS) is 10.6. The molecule has 112 valence electrons. The van der Waals surface area contributed by atoms with Gasteiger partial charge in [-0.05, 0) is 36.8 Å². The van der Waals surface area contributed by atoms with E-state index in [1.54, 1.807) is 11.9 Å². The second kappa shape index (κ2) is 7.20. The molecule has 1 heterocycles. The lowest BCUT2D eigenvalue weighted by atomic mass is 10.2. The molecule has 2 rings (SSSR count). The molecule has 0 bridgehead atoms. The van der Waals surface area contributed by atoms with Crippen molar-refractivity contribution in [3.05, 3.63) is 45.1 Å². The molecule has 1 aromatic heterocycles. The van der Waals surface area contributed by atoms with E-state index in [-0.39, 0.29) is 5.91 Å². The minimum absolute atomic E-state index is 0.0736. The molecule has 0 spiro atoms. The number of halogens is 1. The predicted molar refractivity (Wildman–Crippen MR) is 92.1 cm³/mol. The Balaban J connectivity index is 1.89. The van der Waals surface area contributed by atoms with Crippen LogP contribution in [0.5, 0.6) is 0 Å². The number of hydrogen-bond donors (Lipinski definition) is 1. The minimum Gasteiger partial charge on any atom is -0.398 e. The maximum absolute atomic E-state index is 12.1. The standard InChI is InChI=1S/C15H17ClN2OS2/c1-10-3-5-13(12(17)7-10)20-9-15(19)18(2)8-11-4-6-14(16)21-11/h3-7H,8-9,17H2,1-2H3. The molecule has 0 aliphatic carbocycles. The van der Waals surface area contributed by atoms with E-state index >= 15 is 0 Å². The summed E-state index contributed by atoms with van der Waals surface area (Å²) in [5.74, 6) is 0.451. The Morgan fingerprint density at radius 1 is 1.38 bits per heavy atom. The lowest BCUT2D eigenvalue weighted by Gasteiger charge is -2.16. The van der Waals surface area contributed by atoms with Crippen LogP contribution in [-0.2, 0) is 11.3 Å². The number of carbonyl (C=O) groups excluding carboxylic acids is 1. The highest BCUT2D eigenvalue weighted by Crippen LogP contribution is 2.26. The van der Waals surface area contributed by atoms with Crippen LogP contribution >= 0.6 is 34.7 Å². The van der Waals surface area contributed by atoms with Gasteiger partial charge in [-0.15, -0.1) is 23.1 Å². The summed E-state index contributed by atoms with van der Waals surface area (Å²) in [5.41, 5.74) is 7.79. The summed E-state index contributed by atoms with van der Waals surface area (Å²) >= 11 is 8.86. The van der Waals surface area contributed by atoms with Crippen LogP contribution in [-0.4, -0.2) is 23.6 Å². The molecule has 0 radical (unpaired) electrons. The smallest absolute Gasteiger partial charge is 0.233 e. The number of rotatable bonds is 5. The molecule has 0 saturated heterocycles. The summed E-state index contributed by atoms with van der Waals surface area (Å²) in [4.78, 5) is 15.9. The molecule has 2 aromatic rings. The highest BCUT2D eigenvalue weighted by Gasteiger charge is 2.12. The second-order valence-corrected chi connectivity index (χ2v) is 7.60. The zero-order valence-corrected chi connectivity index (χ0v) is 14.3. The van der Waals surface area contributed by atoms with Gasteiger partial charge in [0, 0.05) is 22.5 Å². The molecule has 1 aromatic carbocycles. The number of carbonyl (C=O) groups is 1. The van der Waals surface area contributed by atoms with E-state index in [2.05, 4.69) is 0 Å². The summed E-state index contributed by atoms with van der Waals surface area (Å²) in [6, 6.07) is 9.68. The Kier molecular flexibility index (Phi) is 5.56. The SMILES string of the molecule is Cc1ccc(SCC(=O)N(C)Cc2ccc(Cl)s2)c(N)c1. The lowest BCUT2D eigenvalue weighted by Crippen LogP contribution is -2.27. The van der Waals surface area contributed by atoms with Crippen molar-refractivity contribution >= 4 is 46.3 Å². The number of hydrogen-bond acceptors (Lipinski definition) is 4. The number of amides is 1. The predicted octanol–water partition coefficient (Wildman–Crippen LogP) is 4.04. The van der Waals surface area contributed by atoms with E-state index in [0.717, 1.165) is 25.4 Å². The third kappa shape index (κ3) is 4.66. The molecule has 2 N–H and O–H groups in total. The zero-order valence-electron chi connectivity index (χ0n) is 11.9. The Morgan fingerprint density at radius 2 is 2.14 bits per heavy atom. The fourth-order valence-electron chi connectivity index (χ4n) is 1.81. The highest BCUT2D eigenvalue weighted by molar-refractivity contribution is 8.00. The van der Waals surface area contributed by atoms with E-state index in [4.69, 9.17) is 17.3 Å². The Labute approximate surface area is 138 Å². The third-order valence-electron chi connectivity index (χ3n) is 2.96. The molecular weight excluding hydrogens is 324 g/mol. The van der Waals surface area contributed by atoms with Crippen LogP contribution in [0.25, 0.3) is 0 Å². The molecule has 21 heavy (non-hydrogen) atoms. The molecule has 0 aliphatic rings. The maximum Gasteiger partial charge on any atom is 0.233 e. The quantitative estimate of drug-likeness (QED) is 0.660. The van der Waals surface area contributed by atoms with Gasteiger partial charge >= 0.3 is 0 Å². The van der Waals surface area contributed by atoms with Crippen molar-refractivity contribution in [2.75, 3.05) is 18.5 Å². The molecular formula is C15H17ClN2OS2. The zero-order chi connectivity index (χ0) is 15.4. The molecule has 0 unspecified atom stereocenters. The fourth-order valence-corrected chi connectivity index (χ4v) is 3.84. The molecule has 3 nitrogen and oxygen atoms in total. The first kappa shape index (κ1) is 16.2. The van der Waals surface area contributed by atoms with Crippen LogP contribution in [0, 0.1) is 6.92 Å². The molecule has 6 heteroatoms. The van der Waals surface area contributed by atoms with Crippen LogP contribution in [0.4, 0.5) is 5.69 Å². The van der Waals surface area contributed by atoms with Gasteiger partial charge in [0.1, 0.15) is 0 Å². The van der Waals surface area contributed by atoms with Crippen molar-refractivity contribution in [2.45, 2.75) is 18.4 Å². The fraction of sp³-hybridized carbons (Fsp3) is 0.267. The van der Waals surface area contributed by atoms with E-state index in [9.17, 15) is 4.79 Å². The van der Waals surface area contributed by atoms with Crippen molar-refractivity contribution in [3.8, 4) is 0 Å². The van der Waals surface area contributed by atoms with Gasteiger partial charge in [0.25, 0.3) is 0 Å². The van der Waals surface area contributed by atoms with Gasteiger partial charge in [0.15, 0.2) is 0 Å². The molecule has 1 amide bonds. The van der Waals surface area contributed by atoms with Gasteiger partial charge in [0.2, 0.25) is 5.91 Å². The number of nitrogen functional groups attached to an aromatic ring is 1. The minimum atomic E-state index is 0.0736. The number of nitrogens with zero attached hydrogens (tertiary/aromatic N) is 1. The van der Waals surface area contributed by atoms with E-state index in [0.29, 0.717) is 12.3 Å². The summed E-state index contributed by atoms with van der Waals surface area (Å²) in [6.45, 7) is 2.58. The Hall–Kier alpha value is -1.17. The van der Waals surface area contributed by atoms with Crippen LogP contribution in [0.3, 0.4) is 0 Å². The number of thioether (sulfide) groups is 1. The summed E-state index contributed by atoms with van der Waals surface area (Å²) in [6.07, 6.45) is 0. The number of thiophene rings is 1. The monoisotopic (exact) mass is 340 g/mol. The van der Waals surface area contributed by atoms with E-state index in [1.165, 1.54) is 23.1 Å². The van der Waals surface area contributed by atoms with Crippen LogP contribution in [0.1, 0.15) is 10.4 Å².